The first-order valence-corrected chi connectivity index (χ1v) is 11.6. The van der Waals surface area contributed by atoms with Crippen LogP contribution in [0.1, 0.15) is 63.4 Å². The monoisotopic (exact) mass is 318 g/mol. The molecule has 2 heterocycles. The summed E-state index contributed by atoms with van der Waals surface area (Å²) in [5, 5.41) is 0.292. The van der Waals surface area contributed by atoms with Crippen LogP contribution in [-0.4, -0.2) is 14.9 Å². The highest BCUT2D eigenvalue weighted by Crippen LogP contribution is 2.48. The molecule has 0 aliphatic carbocycles. The summed E-state index contributed by atoms with van der Waals surface area (Å²) in [7, 11) is -1.64. The van der Waals surface area contributed by atoms with E-state index in [9.17, 15) is 0 Å². The zero-order valence-corrected chi connectivity index (χ0v) is 15.7. The molecule has 1 aromatic carbocycles. The summed E-state index contributed by atoms with van der Waals surface area (Å²) >= 11 is 0. The molecule has 0 aromatic heterocycles. The van der Waals surface area contributed by atoms with Gasteiger partial charge in [-0.1, -0.05) is 45.0 Å². The molecule has 1 saturated heterocycles. The van der Waals surface area contributed by atoms with Crippen molar-refractivity contribution >= 4 is 8.32 Å². The molecule has 0 saturated carbocycles. The van der Waals surface area contributed by atoms with Crippen LogP contribution in [0.25, 0.3) is 0 Å². The first-order chi connectivity index (χ1) is 10.3. The van der Waals surface area contributed by atoms with Crippen LogP contribution in [0, 0.1) is 5.92 Å². The van der Waals surface area contributed by atoms with Crippen LogP contribution in [0.5, 0.6) is 0 Å². The molecule has 1 fully saturated rings. The maximum atomic E-state index is 6.47. The predicted molar refractivity (Wildman–Crippen MR) is 93.5 cm³/mol. The molecule has 2 aliphatic rings. The Hall–Kier alpha value is -0.643. The minimum atomic E-state index is -1.64. The van der Waals surface area contributed by atoms with Crippen LogP contribution in [0.4, 0.5) is 0 Å². The molecule has 3 heteroatoms. The van der Waals surface area contributed by atoms with Crippen LogP contribution in [-0.2, 0) is 9.16 Å². The van der Waals surface area contributed by atoms with Crippen molar-refractivity contribution in [2.45, 2.75) is 70.4 Å². The maximum absolute atomic E-state index is 6.47. The minimum absolute atomic E-state index is 0.289. The average molecular weight is 319 g/mol. The molecule has 22 heavy (non-hydrogen) atoms. The number of rotatable bonds is 3. The molecule has 3 atom stereocenters. The van der Waals surface area contributed by atoms with Crippen molar-refractivity contribution in [1.82, 2.24) is 0 Å². The molecule has 0 amide bonds. The van der Waals surface area contributed by atoms with E-state index < -0.39 is 8.32 Å². The van der Waals surface area contributed by atoms with Gasteiger partial charge in [-0.15, -0.1) is 0 Å². The second-order valence-corrected chi connectivity index (χ2v) is 13.3. The molecule has 2 bridgehead atoms. The quantitative estimate of drug-likeness (QED) is 0.673. The summed E-state index contributed by atoms with van der Waals surface area (Å²) in [5.74, 6) is 0.637. The Balaban J connectivity index is 1.65. The van der Waals surface area contributed by atoms with E-state index in [0.717, 1.165) is 19.4 Å². The van der Waals surface area contributed by atoms with Crippen molar-refractivity contribution in [1.29, 1.82) is 0 Å². The van der Waals surface area contributed by atoms with Crippen molar-refractivity contribution in [3.63, 3.8) is 0 Å². The van der Waals surface area contributed by atoms with E-state index in [1.54, 1.807) is 0 Å². The van der Waals surface area contributed by atoms with Crippen molar-refractivity contribution < 1.29 is 9.16 Å². The number of ether oxygens (including phenoxy) is 1. The highest BCUT2D eigenvalue weighted by molar-refractivity contribution is 6.74. The van der Waals surface area contributed by atoms with Crippen molar-refractivity contribution in [2.75, 3.05) is 6.61 Å². The van der Waals surface area contributed by atoms with E-state index in [1.165, 1.54) is 17.5 Å². The van der Waals surface area contributed by atoms with Crippen molar-refractivity contribution in [3.05, 3.63) is 35.4 Å². The van der Waals surface area contributed by atoms with Gasteiger partial charge in [0, 0.05) is 6.61 Å². The smallest absolute Gasteiger partial charge is 0.191 e. The fourth-order valence-electron chi connectivity index (χ4n) is 3.35. The van der Waals surface area contributed by atoms with Crippen LogP contribution in [0.2, 0.25) is 18.1 Å². The molecule has 122 valence electrons. The summed E-state index contributed by atoms with van der Waals surface area (Å²) in [6.45, 7) is 12.5. The summed E-state index contributed by atoms with van der Waals surface area (Å²) < 4.78 is 12.7. The lowest BCUT2D eigenvalue weighted by molar-refractivity contribution is 0.0120. The van der Waals surface area contributed by atoms with Gasteiger partial charge in [-0.25, -0.2) is 0 Å². The number of hydrogen-bond donors (Lipinski definition) is 0. The van der Waals surface area contributed by atoms with Crippen molar-refractivity contribution in [2.24, 2.45) is 5.92 Å². The number of hydrogen-bond acceptors (Lipinski definition) is 2. The summed E-state index contributed by atoms with van der Waals surface area (Å²) in [6, 6.07) is 8.76. The molecular weight excluding hydrogens is 288 g/mol. The fraction of sp³-hybridized carbons (Fsp3) is 0.684. The fourth-order valence-corrected chi connectivity index (χ4v) is 4.44. The molecular formula is C19H30O2Si. The molecule has 3 rings (SSSR count). The first-order valence-electron chi connectivity index (χ1n) is 8.66. The average Bonchev–Trinajstić information content (AvgIpc) is 2.64. The Morgan fingerprint density at radius 3 is 2.36 bits per heavy atom. The second-order valence-electron chi connectivity index (χ2n) is 8.49. The molecule has 2 aliphatic heterocycles. The Labute approximate surface area is 136 Å². The van der Waals surface area contributed by atoms with Crippen molar-refractivity contribution in [3.8, 4) is 0 Å². The van der Waals surface area contributed by atoms with Gasteiger partial charge in [-0.05, 0) is 54.4 Å². The van der Waals surface area contributed by atoms with Gasteiger partial charge in [0.2, 0.25) is 0 Å². The summed E-state index contributed by atoms with van der Waals surface area (Å²) in [6.07, 6.45) is 4.08. The first kappa shape index (κ1) is 16.2. The van der Waals surface area contributed by atoms with Crippen LogP contribution < -0.4 is 0 Å². The normalized spacial score (nSPS) is 28.3. The second kappa shape index (κ2) is 5.77. The van der Waals surface area contributed by atoms with Gasteiger partial charge >= 0.3 is 0 Å². The minimum Gasteiger partial charge on any atom is -0.417 e. The Morgan fingerprint density at radius 1 is 1.09 bits per heavy atom. The van der Waals surface area contributed by atoms with Gasteiger partial charge in [0.05, 0.1) is 12.2 Å². The van der Waals surface area contributed by atoms with Gasteiger partial charge in [0.25, 0.3) is 0 Å². The van der Waals surface area contributed by atoms with Gasteiger partial charge in [-0.2, -0.15) is 0 Å². The van der Waals surface area contributed by atoms with E-state index in [-0.39, 0.29) is 6.10 Å². The Bertz CT molecular complexity index is 532. The number of benzene rings is 1. The SMILES string of the molecule is CC(C)(C)[Si](C)(C)OC[C@H]1CC[C@H]2O[C@@H](C1)c1ccccc12. The zero-order chi connectivity index (χ0) is 16.0. The molecule has 2 nitrogen and oxygen atoms in total. The lowest BCUT2D eigenvalue weighted by atomic mass is 9.88. The van der Waals surface area contributed by atoms with E-state index in [1.807, 2.05) is 0 Å². The lowest BCUT2D eigenvalue weighted by Gasteiger charge is -2.37. The zero-order valence-electron chi connectivity index (χ0n) is 14.7. The van der Waals surface area contributed by atoms with E-state index in [0.29, 0.717) is 17.1 Å². The lowest BCUT2D eigenvalue weighted by Crippen LogP contribution is -2.42. The largest absolute Gasteiger partial charge is 0.417 e. The van der Waals surface area contributed by atoms with Gasteiger partial charge < -0.3 is 9.16 Å². The Kier molecular flexibility index (Phi) is 4.26. The third-order valence-corrected chi connectivity index (χ3v) is 10.4. The third-order valence-electron chi connectivity index (χ3n) is 5.89. The standard InChI is InChI=1S/C19H30O2Si/c1-19(2,3)22(4,5)20-13-14-10-11-17-15-8-6-7-9-16(15)18(12-14)21-17/h6-9,14,17-18H,10-13H2,1-5H3/t14-,17+,18-/m0/s1. The molecule has 0 spiro atoms. The highest BCUT2D eigenvalue weighted by atomic mass is 28.4. The molecule has 0 N–H and O–H groups in total. The van der Waals surface area contributed by atoms with Crippen LogP contribution in [0.3, 0.4) is 0 Å². The maximum Gasteiger partial charge on any atom is 0.191 e. The van der Waals surface area contributed by atoms with Gasteiger partial charge in [0.1, 0.15) is 0 Å². The van der Waals surface area contributed by atoms with E-state index in [4.69, 9.17) is 9.16 Å². The molecule has 0 unspecified atom stereocenters. The predicted octanol–water partition coefficient (Wildman–Crippen LogP) is 5.62. The van der Waals surface area contributed by atoms with Crippen LogP contribution >= 0.6 is 0 Å². The summed E-state index contributed by atoms with van der Waals surface area (Å²) in [4.78, 5) is 0. The number of fused-ring (bicyclic) bond motifs is 5. The summed E-state index contributed by atoms with van der Waals surface area (Å²) in [5.41, 5.74) is 2.85. The molecule has 1 aromatic rings. The highest BCUT2D eigenvalue weighted by Gasteiger charge is 2.40. The van der Waals surface area contributed by atoms with Gasteiger partial charge in [0.15, 0.2) is 8.32 Å². The topological polar surface area (TPSA) is 18.5 Å². The molecule has 0 radical (unpaired) electrons. The third kappa shape index (κ3) is 3.04. The van der Waals surface area contributed by atoms with Crippen LogP contribution in [0.15, 0.2) is 24.3 Å². The Morgan fingerprint density at radius 2 is 1.73 bits per heavy atom. The van der Waals surface area contributed by atoms with E-state index in [2.05, 4.69) is 58.1 Å². The van der Waals surface area contributed by atoms with E-state index >= 15 is 0 Å². The van der Waals surface area contributed by atoms with Gasteiger partial charge in [-0.3, -0.25) is 0 Å².